The molecule has 17 heteroatoms. The molecule has 0 bridgehead atoms. The number of aromatic nitrogens is 4. The summed E-state index contributed by atoms with van der Waals surface area (Å²) in [4.78, 5) is 19.9. The van der Waals surface area contributed by atoms with Crippen molar-refractivity contribution < 1.29 is 62.5 Å². The lowest BCUT2D eigenvalue weighted by Gasteiger charge is -2.39. The molecule has 15 nitrogen and oxygen atoms in total. The number of piperazine rings is 1. The van der Waals surface area contributed by atoms with E-state index in [1.54, 1.807) is 12.1 Å². The molecule has 7 rings (SSSR count). The number of benzene rings is 2. The van der Waals surface area contributed by atoms with E-state index in [0.29, 0.717) is 16.8 Å². The minimum absolute atomic E-state index is 0. The normalized spacial score (nSPS) is 21.9. The molecule has 2 aliphatic heterocycles. The van der Waals surface area contributed by atoms with Crippen molar-refractivity contribution in [1.82, 2.24) is 19.9 Å². The molecule has 0 saturated carbocycles. The van der Waals surface area contributed by atoms with E-state index < -0.39 is 48.7 Å². The van der Waals surface area contributed by atoms with Gasteiger partial charge in [0.05, 0.1) is 41.7 Å². The largest absolute Gasteiger partial charge is 1.00 e. The first-order chi connectivity index (χ1) is 26.5. The van der Waals surface area contributed by atoms with Gasteiger partial charge < -0.3 is 73.6 Å². The fraction of sp³-hybridized carbons (Fsp3) is 0.436. The Bertz CT molecular complexity index is 2260. The van der Waals surface area contributed by atoms with Crippen molar-refractivity contribution in [1.29, 1.82) is 0 Å². The molecular weight excluding hydrogens is 838 g/mol. The van der Waals surface area contributed by atoms with Crippen LogP contribution in [0.1, 0.15) is 37.0 Å². The Hall–Kier alpha value is -4.24. The van der Waals surface area contributed by atoms with Gasteiger partial charge in [-0.15, -0.1) is 5.10 Å². The van der Waals surface area contributed by atoms with Gasteiger partial charge in [-0.1, -0.05) is 5.21 Å². The SMILES string of the molecule is CCN(CC)c1ccc2cc(/C=C/c3cc(N4CCN(C)CC4)c4cc(F)c(NCc5cn([C@@H]6O[C@H](CO)[C@@H](O)[C@H](O)[C@H]6O)nn5)cc4[n+]3C)c(=O)oc2c1.[I-]. The standard InChI is InChI=1S/C39H47FN8O7.HI/c1-5-46(6-2)27-10-7-23-15-24(39(53)55-33(23)17-27)8-9-26-16-32(47-13-11-44(3)12-14-47)28-18-29(40)30(19-31(28)45(26)4)41-20-25-21-48(43-42-25)38-37(52)36(51)35(50)34(22-49)54-38;/h7-10,15-19,21,34-38,49-52H,5-6,11-14,20,22H2,1-4H3;1H/b9-8+;/t34-,35-,36+,37-,38-;/m1./s1. The summed E-state index contributed by atoms with van der Waals surface area (Å²) >= 11 is 0. The summed E-state index contributed by atoms with van der Waals surface area (Å²) in [5.41, 5.74) is 4.50. The number of halogens is 2. The third-order valence-corrected chi connectivity index (χ3v) is 10.7. The summed E-state index contributed by atoms with van der Waals surface area (Å²) < 4.78 is 30.4. The number of hydrogen-bond acceptors (Lipinski definition) is 13. The summed E-state index contributed by atoms with van der Waals surface area (Å²) in [5, 5.41) is 53.2. The molecule has 3 aromatic heterocycles. The van der Waals surface area contributed by atoms with E-state index in [4.69, 9.17) is 9.15 Å². The Morgan fingerprint density at radius 1 is 1.02 bits per heavy atom. The summed E-state index contributed by atoms with van der Waals surface area (Å²) in [6.07, 6.45) is -1.82. The van der Waals surface area contributed by atoms with Crippen LogP contribution >= 0.6 is 0 Å². The molecule has 5 N–H and O–H groups in total. The lowest BCUT2D eigenvalue weighted by Crippen LogP contribution is -3.00. The number of ether oxygens (including phenoxy) is 1. The van der Waals surface area contributed by atoms with Crippen molar-refractivity contribution >= 4 is 51.1 Å². The average molecular weight is 887 g/mol. The summed E-state index contributed by atoms with van der Waals surface area (Å²) in [6, 6.07) is 13.0. The van der Waals surface area contributed by atoms with E-state index in [0.717, 1.165) is 72.6 Å². The van der Waals surface area contributed by atoms with Gasteiger partial charge in [-0.2, -0.15) is 4.57 Å². The van der Waals surface area contributed by atoms with E-state index in [-0.39, 0.29) is 36.2 Å². The van der Waals surface area contributed by atoms with Crippen molar-refractivity contribution in [3.05, 3.63) is 81.9 Å². The summed E-state index contributed by atoms with van der Waals surface area (Å²) in [7, 11) is 3.97. The van der Waals surface area contributed by atoms with Crippen LogP contribution in [0.3, 0.4) is 0 Å². The van der Waals surface area contributed by atoms with Crippen molar-refractivity contribution in [2.45, 2.75) is 51.0 Å². The Kier molecular flexibility index (Phi) is 12.9. The van der Waals surface area contributed by atoms with Gasteiger partial charge in [0.1, 0.15) is 48.6 Å². The van der Waals surface area contributed by atoms with Gasteiger partial charge in [0.25, 0.3) is 0 Å². The van der Waals surface area contributed by atoms with Crippen molar-refractivity contribution in [3.8, 4) is 0 Å². The minimum Gasteiger partial charge on any atom is -1.00 e. The van der Waals surface area contributed by atoms with E-state index >= 15 is 4.39 Å². The van der Waals surface area contributed by atoms with Gasteiger partial charge >= 0.3 is 5.63 Å². The van der Waals surface area contributed by atoms with Crippen LogP contribution in [0, 0.1) is 5.82 Å². The first-order valence-electron chi connectivity index (χ1n) is 18.5. The predicted octanol–water partition coefficient (Wildman–Crippen LogP) is -1.14. The van der Waals surface area contributed by atoms with Crippen LogP contribution < -0.4 is 49.3 Å². The predicted molar refractivity (Wildman–Crippen MR) is 206 cm³/mol. The van der Waals surface area contributed by atoms with E-state index in [9.17, 15) is 25.2 Å². The van der Waals surface area contributed by atoms with Gasteiger partial charge in [0.2, 0.25) is 11.2 Å². The Morgan fingerprint density at radius 3 is 2.48 bits per heavy atom. The number of nitrogens with one attached hydrogen (secondary N) is 1. The number of anilines is 3. The van der Waals surface area contributed by atoms with Crippen molar-refractivity contribution in [2.75, 3.05) is 68.0 Å². The highest BCUT2D eigenvalue weighted by Gasteiger charge is 2.44. The molecule has 0 aliphatic carbocycles. The lowest BCUT2D eigenvalue weighted by molar-refractivity contribution is -0.646. The zero-order chi connectivity index (χ0) is 39.0. The molecule has 56 heavy (non-hydrogen) atoms. The minimum atomic E-state index is -1.57. The maximum absolute atomic E-state index is 15.9. The molecule has 2 aromatic carbocycles. The Morgan fingerprint density at radius 2 is 1.77 bits per heavy atom. The number of pyridine rings is 1. The maximum Gasteiger partial charge on any atom is 0.343 e. The first kappa shape index (κ1) is 41.4. The number of fused-ring (bicyclic) bond motifs is 2. The molecule has 2 saturated heterocycles. The molecule has 0 radical (unpaired) electrons. The molecule has 2 aliphatic rings. The van der Waals surface area contributed by atoms with Gasteiger partial charge in [-0.05, 0) is 51.2 Å². The summed E-state index contributed by atoms with van der Waals surface area (Å²) in [6.45, 7) is 8.56. The van der Waals surface area contributed by atoms with Crippen LogP contribution in [-0.4, -0.2) is 118 Å². The number of aliphatic hydroxyl groups excluding tert-OH is 4. The number of rotatable bonds is 11. The maximum atomic E-state index is 15.9. The van der Waals surface area contributed by atoms with Crippen LogP contribution in [0.25, 0.3) is 34.0 Å². The Labute approximate surface area is 340 Å². The van der Waals surface area contributed by atoms with E-state index in [1.165, 1.54) is 16.9 Å². The highest BCUT2D eigenvalue weighted by atomic mass is 127. The van der Waals surface area contributed by atoms with Crippen LogP contribution in [-0.2, 0) is 18.3 Å². The van der Waals surface area contributed by atoms with E-state index in [2.05, 4.69) is 51.2 Å². The van der Waals surface area contributed by atoms with Crippen molar-refractivity contribution in [2.24, 2.45) is 7.05 Å². The van der Waals surface area contributed by atoms with Gasteiger partial charge in [0.15, 0.2) is 6.23 Å². The summed E-state index contributed by atoms with van der Waals surface area (Å²) in [5.74, 6) is -0.467. The molecule has 5 aromatic rings. The van der Waals surface area contributed by atoms with Crippen LogP contribution in [0.15, 0.2) is 57.9 Å². The third-order valence-electron chi connectivity index (χ3n) is 10.7. The van der Waals surface area contributed by atoms with Crippen LogP contribution in [0.2, 0.25) is 0 Å². The molecule has 0 unspecified atom stereocenters. The number of likely N-dealkylation sites (N-methyl/N-ethyl adjacent to an activating group) is 1. The molecule has 2 fully saturated rings. The monoisotopic (exact) mass is 886 g/mol. The number of hydrogen-bond donors (Lipinski definition) is 5. The van der Waals surface area contributed by atoms with Gasteiger partial charge in [-0.25, -0.2) is 13.9 Å². The lowest BCUT2D eigenvalue weighted by atomic mass is 9.98. The molecule has 300 valence electrons. The second-order valence-corrected chi connectivity index (χ2v) is 14.1. The first-order valence-corrected chi connectivity index (χ1v) is 18.5. The second kappa shape index (κ2) is 17.5. The molecular formula is C39H48FIN8O7. The smallest absolute Gasteiger partial charge is 0.343 e. The highest BCUT2D eigenvalue weighted by Crippen LogP contribution is 2.32. The van der Waals surface area contributed by atoms with Gasteiger partial charge in [-0.3, -0.25) is 0 Å². The molecule has 5 heterocycles. The Balaban J connectivity index is 0.00000532. The number of aliphatic hydroxyl groups is 4. The van der Waals surface area contributed by atoms with Gasteiger partial charge in [0, 0.05) is 74.6 Å². The fourth-order valence-electron chi connectivity index (χ4n) is 7.30. The number of nitrogens with zero attached hydrogens (tertiary/aromatic N) is 7. The fourth-order valence-corrected chi connectivity index (χ4v) is 7.30. The topological polar surface area (TPSA) is 177 Å². The van der Waals surface area contributed by atoms with Crippen molar-refractivity contribution in [3.63, 3.8) is 0 Å². The van der Waals surface area contributed by atoms with Crippen LogP contribution in [0.4, 0.5) is 21.5 Å². The van der Waals surface area contributed by atoms with E-state index in [1.807, 2.05) is 48.0 Å². The highest BCUT2D eigenvalue weighted by molar-refractivity contribution is 5.93. The zero-order valence-corrected chi connectivity index (χ0v) is 33.9. The third kappa shape index (κ3) is 8.25. The van der Waals surface area contributed by atoms with Crippen LogP contribution in [0.5, 0.6) is 0 Å². The quantitative estimate of drug-likeness (QED) is 0.0613. The average Bonchev–Trinajstić information content (AvgIpc) is 3.66. The zero-order valence-electron chi connectivity index (χ0n) is 31.7. The molecule has 0 amide bonds. The second-order valence-electron chi connectivity index (χ2n) is 14.1. The number of aryl methyl sites for hydroxylation is 1. The molecule has 5 atom stereocenters. The molecule has 0 spiro atoms.